The number of rotatable bonds is 5. The van der Waals surface area contributed by atoms with Crippen LogP contribution in [0.5, 0.6) is 0 Å². The van der Waals surface area contributed by atoms with E-state index in [1.165, 1.54) is 13.2 Å². The number of halogens is 3. The number of alkyl halides is 3. The molecule has 0 aliphatic heterocycles. The number of methoxy groups -OCH3 is 1. The quantitative estimate of drug-likeness (QED) is 0.597. The van der Waals surface area contributed by atoms with Crippen LogP contribution in [0, 0.1) is 5.92 Å². The molecule has 0 saturated heterocycles. The third-order valence-electron chi connectivity index (χ3n) is 5.33. The predicted molar refractivity (Wildman–Crippen MR) is 111 cm³/mol. The third-order valence-corrected chi connectivity index (χ3v) is 5.33. The molecule has 1 saturated carbocycles. The fourth-order valence-electron chi connectivity index (χ4n) is 3.76. The molecule has 0 heterocycles. The highest BCUT2D eigenvalue weighted by atomic mass is 19.4. The number of alkyl carbamates (subject to hydrolysis) is 1. The van der Waals surface area contributed by atoms with Gasteiger partial charge in [0.25, 0.3) is 0 Å². The molecule has 31 heavy (non-hydrogen) atoms. The smallest absolute Gasteiger partial charge is 0.418 e. The molecule has 0 aromatic heterocycles. The van der Waals surface area contributed by atoms with Crippen molar-refractivity contribution < 1.29 is 32.2 Å². The summed E-state index contributed by atoms with van der Waals surface area (Å²) in [6, 6.07) is 2.91. The maximum Gasteiger partial charge on any atom is 0.418 e. The van der Waals surface area contributed by atoms with Crippen LogP contribution in [0.1, 0.15) is 69.3 Å². The van der Waals surface area contributed by atoms with Crippen molar-refractivity contribution in [3.63, 3.8) is 0 Å². The van der Waals surface area contributed by atoms with Gasteiger partial charge in [0.1, 0.15) is 5.60 Å². The lowest BCUT2D eigenvalue weighted by molar-refractivity contribution is -0.137. The standard InChI is InChI=1S/C22H31F3N2O4/c1-13(14-6-9-16(10-7-14)27-20(29)31-21(2,3)4)26-18-12-15(19(28)30-5)8-11-17(18)22(23,24)25/h8,11-14,16,26H,6-7,9-10H2,1-5H3,(H,27,29)/t13-,14?,16?/m0/s1. The van der Waals surface area contributed by atoms with Gasteiger partial charge in [-0.25, -0.2) is 9.59 Å². The van der Waals surface area contributed by atoms with Crippen LogP contribution in [0.15, 0.2) is 18.2 Å². The second-order valence-electron chi connectivity index (χ2n) is 8.94. The molecule has 0 bridgehead atoms. The van der Waals surface area contributed by atoms with E-state index in [1.54, 1.807) is 20.8 Å². The monoisotopic (exact) mass is 444 g/mol. The maximum atomic E-state index is 13.4. The number of benzene rings is 1. The lowest BCUT2D eigenvalue weighted by Gasteiger charge is -2.34. The lowest BCUT2D eigenvalue weighted by Crippen LogP contribution is -2.42. The molecule has 6 nitrogen and oxygen atoms in total. The van der Waals surface area contributed by atoms with Gasteiger partial charge in [0.2, 0.25) is 0 Å². The molecule has 1 aromatic rings. The molecule has 1 fully saturated rings. The molecule has 0 unspecified atom stereocenters. The number of esters is 1. The Morgan fingerprint density at radius 2 is 1.71 bits per heavy atom. The molecule has 1 aliphatic carbocycles. The number of anilines is 1. The van der Waals surface area contributed by atoms with Gasteiger partial charge in [0.05, 0.1) is 18.2 Å². The summed E-state index contributed by atoms with van der Waals surface area (Å²) in [7, 11) is 1.18. The fourth-order valence-corrected chi connectivity index (χ4v) is 3.76. The van der Waals surface area contributed by atoms with Crippen molar-refractivity contribution >= 4 is 17.7 Å². The highest BCUT2D eigenvalue weighted by Gasteiger charge is 2.35. The molecule has 0 spiro atoms. The van der Waals surface area contributed by atoms with Gasteiger partial charge >= 0.3 is 18.2 Å². The van der Waals surface area contributed by atoms with E-state index in [4.69, 9.17) is 4.74 Å². The van der Waals surface area contributed by atoms with Crippen LogP contribution in [0.4, 0.5) is 23.7 Å². The second-order valence-corrected chi connectivity index (χ2v) is 8.94. The van der Waals surface area contributed by atoms with E-state index in [2.05, 4.69) is 15.4 Å². The molecule has 1 amide bonds. The highest BCUT2D eigenvalue weighted by molar-refractivity contribution is 5.90. The summed E-state index contributed by atoms with van der Waals surface area (Å²) < 4.78 is 50.2. The van der Waals surface area contributed by atoms with Crippen LogP contribution in [0.3, 0.4) is 0 Å². The number of hydrogen-bond acceptors (Lipinski definition) is 5. The van der Waals surface area contributed by atoms with Crippen molar-refractivity contribution in [1.82, 2.24) is 5.32 Å². The van der Waals surface area contributed by atoms with E-state index < -0.39 is 29.4 Å². The van der Waals surface area contributed by atoms with Gasteiger partial charge in [0.15, 0.2) is 0 Å². The van der Waals surface area contributed by atoms with Crippen molar-refractivity contribution in [1.29, 1.82) is 0 Å². The third kappa shape index (κ3) is 7.33. The topological polar surface area (TPSA) is 76.7 Å². The van der Waals surface area contributed by atoms with Crippen molar-refractivity contribution in [3.05, 3.63) is 29.3 Å². The molecule has 1 aliphatic rings. The van der Waals surface area contributed by atoms with Gasteiger partial charge in [-0.1, -0.05) is 0 Å². The Bertz CT molecular complexity index is 782. The van der Waals surface area contributed by atoms with Crippen molar-refractivity contribution in [2.75, 3.05) is 12.4 Å². The minimum absolute atomic E-state index is 0.0216. The van der Waals surface area contributed by atoms with Crippen LogP contribution in [-0.2, 0) is 15.7 Å². The summed E-state index contributed by atoms with van der Waals surface area (Å²) in [6.45, 7) is 7.21. The van der Waals surface area contributed by atoms with Crippen LogP contribution < -0.4 is 10.6 Å². The summed E-state index contributed by atoms with van der Waals surface area (Å²) in [5.41, 5.74) is -1.49. The Kier molecular flexibility index (Phi) is 7.83. The molecule has 1 atom stereocenters. The zero-order valence-corrected chi connectivity index (χ0v) is 18.6. The molecule has 174 valence electrons. The van der Waals surface area contributed by atoms with Crippen molar-refractivity contribution in [2.24, 2.45) is 5.92 Å². The number of nitrogens with one attached hydrogen (secondary N) is 2. The Morgan fingerprint density at radius 1 is 1.10 bits per heavy atom. The molecule has 2 rings (SSSR count). The predicted octanol–water partition coefficient (Wildman–Crippen LogP) is 5.38. The molecule has 0 radical (unpaired) electrons. The Balaban J connectivity index is 2.02. The maximum absolute atomic E-state index is 13.4. The van der Waals surface area contributed by atoms with E-state index in [-0.39, 0.29) is 29.3 Å². The first-order chi connectivity index (χ1) is 14.3. The average Bonchev–Trinajstić information content (AvgIpc) is 2.65. The molecule has 2 N–H and O–H groups in total. The minimum atomic E-state index is -4.55. The zero-order valence-electron chi connectivity index (χ0n) is 18.6. The van der Waals surface area contributed by atoms with Gasteiger partial charge in [-0.15, -0.1) is 0 Å². The molecule has 9 heteroatoms. The highest BCUT2D eigenvalue weighted by Crippen LogP contribution is 2.37. The zero-order chi connectivity index (χ0) is 23.4. The van der Waals surface area contributed by atoms with E-state index in [1.807, 2.05) is 6.92 Å². The van der Waals surface area contributed by atoms with Gasteiger partial charge in [-0.2, -0.15) is 13.2 Å². The average molecular weight is 444 g/mol. The van der Waals surface area contributed by atoms with Crippen LogP contribution in [-0.4, -0.2) is 36.9 Å². The Hall–Kier alpha value is -2.45. The van der Waals surface area contributed by atoms with Crippen molar-refractivity contribution in [3.8, 4) is 0 Å². The van der Waals surface area contributed by atoms with E-state index in [0.717, 1.165) is 25.0 Å². The summed E-state index contributed by atoms with van der Waals surface area (Å²) in [6.07, 6.45) is -2.10. The lowest BCUT2D eigenvalue weighted by atomic mass is 9.82. The summed E-state index contributed by atoms with van der Waals surface area (Å²) in [4.78, 5) is 23.7. The van der Waals surface area contributed by atoms with E-state index in [0.29, 0.717) is 12.8 Å². The van der Waals surface area contributed by atoms with Gasteiger partial charge in [-0.05, 0) is 77.5 Å². The fraction of sp³-hybridized carbons (Fsp3) is 0.636. The van der Waals surface area contributed by atoms with Crippen LogP contribution >= 0.6 is 0 Å². The number of amides is 1. The SMILES string of the molecule is COC(=O)c1ccc(C(F)(F)F)c(N[C@@H](C)C2CCC(NC(=O)OC(C)(C)C)CC2)c1. The largest absolute Gasteiger partial charge is 0.465 e. The number of hydrogen-bond donors (Lipinski definition) is 2. The number of ether oxygens (including phenoxy) is 2. The Morgan fingerprint density at radius 3 is 2.23 bits per heavy atom. The summed E-state index contributed by atoms with van der Waals surface area (Å²) in [5.74, 6) is -0.572. The van der Waals surface area contributed by atoms with Crippen LogP contribution in [0.2, 0.25) is 0 Å². The van der Waals surface area contributed by atoms with E-state index in [9.17, 15) is 22.8 Å². The first-order valence-electron chi connectivity index (χ1n) is 10.4. The summed E-state index contributed by atoms with van der Waals surface area (Å²) in [5, 5.41) is 5.81. The first-order valence-corrected chi connectivity index (χ1v) is 10.4. The van der Waals surface area contributed by atoms with Gasteiger partial charge in [-0.3, -0.25) is 0 Å². The Labute approximate surface area is 180 Å². The first kappa shape index (κ1) is 24.8. The van der Waals surface area contributed by atoms with Crippen LogP contribution in [0.25, 0.3) is 0 Å². The second kappa shape index (κ2) is 9.78. The number of carbonyl (C=O) groups excluding carboxylic acids is 2. The van der Waals surface area contributed by atoms with E-state index >= 15 is 0 Å². The van der Waals surface area contributed by atoms with Crippen molar-refractivity contribution in [2.45, 2.75) is 77.2 Å². The molecular weight excluding hydrogens is 413 g/mol. The summed E-state index contributed by atoms with van der Waals surface area (Å²) >= 11 is 0. The normalized spacial score (nSPS) is 20.5. The van der Waals surface area contributed by atoms with Gasteiger partial charge in [0, 0.05) is 17.8 Å². The molecule has 1 aromatic carbocycles. The molecular formula is C22H31F3N2O4. The number of carbonyl (C=O) groups is 2. The minimum Gasteiger partial charge on any atom is -0.465 e. The van der Waals surface area contributed by atoms with Gasteiger partial charge < -0.3 is 20.1 Å².